The molecule has 0 bridgehead atoms. The van der Waals surface area contributed by atoms with Crippen molar-refractivity contribution in [1.82, 2.24) is 0 Å². The summed E-state index contributed by atoms with van der Waals surface area (Å²) in [5.41, 5.74) is 0. The molecule has 0 spiro atoms. The summed E-state index contributed by atoms with van der Waals surface area (Å²) in [6.45, 7) is 1.95. The molecule has 2 atom stereocenters. The quantitative estimate of drug-likeness (QED) is 0.515. The van der Waals surface area contributed by atoms with E-state index in [4.69, 9.17) is 16.3 Å². The number of alkyl halides is 1. The fourth-order valence-electron chi connectivity index (χ4n) is 3.01. The molecule has 1 heterocycles. The summed E-state index contributed by atoms with van der Waals surface area (Å²) in [5, 5.41) is 0.454. The topological polar surface area (TPSA) is 9.23 Å². The van der Waals surface area contributed by atoms with Gasteiger partial charge in [-0.15, -0.1) is 11.6 Å². The highest BCUT2D eigenvalue weighted by atomic mass is 35.5. The van der Waals surface area contributed by atoms with Gasteiger partial charge < -0.3 is 4.74 Å². The van der Waals surface area contributed by atoms with Gasteiger partial charge in [-0.3, -0.25) is 0 Å². The number of hydrogen-bond acceptors (Lipinski definition) is 1. The van der Waals surface area contributed by atoms with Gasteiger partial charge >= 0.3 is 0 Å². The molecular formula is C13H23ClO. The van der Waals surface area contributed by atoms with E-state index >= 15 is 0 Å². The maximum absolute atomic E-state index is 6.48. The minimum atomic E-state index is 0.454. The maximum Gasteiger partial charge on any atom is 0.0468 e. The highest BCUT2D eigenvalue weighted by Crippen LogP contribution is 2.34. The lowest BCUT2D eigenvalue weighted by atomic mass is 9.85. The number of rotatable bonds is 2. The van der Waals surface area contributed by atoms with Crippen molar-refractivity contribution >= 4 is 11.6 Å². The van der Waals surface area contributed by atoms with Crippen LogP contribution in [0.1, 0.15) is 51.4 Å². The standard InChI is InChI=1S/C13H23ClO/c14-13-5-3-1-2-4-12(13)10-11-6-8-15-9-7-11/h11-13H,1-10H2. The number of hydrogen-bond donors (Lipinski definition) is 0. The van der Waals surface area contributed by atoms with Crippen LogP contribution >= 0.6 is 11.6 Å². The molecule has 1 aliphatic carbocycles. The Bertz CT molecular complexity index is 177. The molecule has 1 saturated carbocycles. The third-order valence-corrected chi connectivity index (χ3v) is 4.62. The van der Waals surface area contributed by atoms with Crippen LogP contribution in [-0.2, 0) is 4.74 Å². The van der Waals surface area contributed by atoms with Crippen molar-refractivity contribution in [2.75, 3.05) is 13.2 Å². The van der Waals surface area contributed by atoms with Crippen LogP contribution in [0.15, 0.2) is 0 Å². The summed E-state index contributed by atoms with van der Waals surface area (Å²) in [7, 11) is 0. The Hall–Kier alpha value is 0.250. The van der Waals surface area contributed by atoms with Gasteiger partial charge in [0.15, 0.2) is 0 Å². The Kier molecular flexibility index (Phi) is 4.77. The number of halogens is 1. The van der Waals surface area contributed by atoms with Crippen LogP contribution in [0.2, 0.25) is 0 Å². The van der Waals surface area contributed by atoms with Gasteiger partial charge in [-0.05, 0) is 43.9 Å². The lowest BCUT2D eigenvalue weighted by Gasteiger charge is -2.28. The Balaban J connectivity index is 1.79. The van der Waals surface area contributed by atoms with Gasteiger partial charge in [0.25, 0.3) is 0 Å². The third kappa shape index (κ3) is 3.64. The molecule has 88 valence electrons. The monoisotopic (exact) mass is 230 g/mol. The van der Waals surface area contributed by atoms with Crippen LogP contribution in [-0.4, -0.2) is 18.6 Å². The summed E-state index contributed by atoms with van der Waals surface area (Å²) < 4.78 is 5.41. The van der Waals surface area contributed by atoms with Gasteiger partial charge in [0.2, 0.25) is 0 Å². The Morgan fingerprint density at radius 2 is 1.67 bits per heavy atom. The zero-order chi connectivity index (χ0) is 10.5. The summed E-state index contributed by atoms with van der Waals surface area (Å²) in [6, 6.07) is 0. The van der Waals surface area contributed by atoms with E-state index in [1.54, 1.807) is 0 Å². The lowest BCUT2D eigenvalue weighted by molar-refractivity contribution is 0.0579. The highest BCUT2D eigenvalue weighted by molar-refractivity contribution is 6.20. The van der Waals surface area contributed by atoms with Crippen LogP contribution in [0.4, 0.5) is 0 Å². The third-order valence-electron chi connectivity index (χ3n) is 4.04. The second kappa shape index (κ2) is 6.10. The van der Waals surface area contributed by atoms with Crippen molar-refractivity contribution in [2.24, 2.45) is 11.8 Å². The molecule has 1 saturated heterocycles. The Morgan fingerprint density at radius 3 is 2.47 bits per heavy atom. The SMILES string of the molecule is ClC1CCCCCC1CC1CCOCC1. The Labute approximate surface area is 98.5 Å². The zero-order valence-electron chi connectivity index (χ0n) is 9.59. The van der Waals surface area contributed by atoms with Crippen LogP contribution in [0.25, 0.3) is 0 Å². The second-order valence-corrected chi connectivity index (χ2v) is 5.77. The summed E-state index contributed by atoms with van der Waals surface area (Å²) in [4.78, 5) is 0. The van der Waals surface area contributed by atoms with Gasteiger partial charge in [0.1, 0.15) is 0 Å². The first-order valence-electron chi connectivity index (χ1n) is 6.58. The first-order valence-corrected chi connectivity index (χ1v) is 7.01. The minimum absolute atomic E-state index is 0.454. The summed E-state index contributed by atoms with van der Waals surface area (Å²) >= 11 is 6.48. The molecule has 2 heteroatoms. The molecule has 0 radical (unpaired) electrons. The normalized spacial score (nSPS) is 35.0. The highest BCUT2D eigenvalue weighted by Gasteiger charge is 2.25. The van der Waals surface area contributed by atoms with E-state index in [-0.39, 0.29) is 0 Å². The minimum Gasteiger partial charge on any atom is -0.381 e. The second-order valence-electron chi connectivity index (χ2n) is 5.21. The lowest BCUT2D eigenvalue weighted by Crippen LogP contribution is -2.22. The average molecular weight is 231 g/mol. The van der Waals surface area contributed by atoms with Crippen LogP contribution in [0, 0.1) is 11.8 Å². The molecule has 0 aromatic rings. The average Bonchev–Trinajstić information content (AvgIpc) is 2.46. The fraction of sp³-hybridized carbons (Fsp3) is 1.00. The predicted molar refractivity (Wildman–Crippen MR) is 64.4 cm³/mol. The first-order chi connectivity index (χ1) is 7.36. The van der Waals surface area contributed by atoms with Gasteiger partial charge in [-0.1, -0.05) is 19.3 Å². The van der Waals surface area contributed by atoms with Gasteiger partial charge in [0, 0.05) is 18.6 Å². The molecule has 0 amide bonds. The maximum atomic E-state index is 6.48. The van der Waals surface area contributed by atoms with Gasteiger partial charge in [0.05, 0.1) is 0 Å². The van der Waals surface area contributed by atoms with Crippen LogP contribution < -0.4 is 0 Å². The summed E-state index contributed by atoms with van der Waals surface area (Å²) in [5.74, 6) is 1.68. The largest absolute Gasteiger partial charge is 0.381 e. The van der Waals surface area contributed by atoms with E-state index in [2.05, 4.69) is 0 Å². The van der Waals surface area contributed by atoms with E-state index in [1.807, 2.05) is 0 Å². The van der Waals surface area contributed by atoms with E-state index in [1.165, 1.54) is 51.4 Å². The molecule has 2 fully saturated rings. The molecule has 2 unspecified atom stereocenters. The first kappa shape index (κ1) is 11.7. The Morgan fingerprint density at radius 1 is 0.933 bits per heavy atom. The van der Waals surface area contributed by atoms with Crippen LogP contribution in [0.5, 0.6) is 0 Å². The smallest absolute Gasteiger partial charge is 0.0468 e. The molecule has 1 aliphatic heterocycles. The molecule has 1 nitrogen and oxygen atoms in total. The molecule has 0 aromatic heterocycles. The van der Waals surface area contributed by atoms with Crippen molar-refractivity contribution in [3.8, 4) is 0 Å². The molecule has 0 aromatic carbocycles. The van der Waals surface area contributed by atoms with E-state index in [0.717, 1.165) is 25.0 Å². The molecule has 0 N–H and O–H groups in total. The van der Waals surface area contributed by atoms with Gasteiger partial charge in [-0.25, -0.2) is 0 Å². The van der Waals surface area contributed by atoms with E-state index in [9.17, 15) is 0 Å². The van der Waals surface area contributed by atoms with Crippen molar-refractivity contribution in [3.05, 3.63) is 0 Å². The van der Waals surface area contributed by atoms with Crippen molar-refractivity contribution in [3.63, 3.8) is 0 Å². The van der Waals surface area contributed by atoms with Crippen molar-refractivity contribution in [1.29, 1.82) is 0 Å². The number of ether oxygens (including phenoxy) is 1. The predicted octanol–water partition coefficient (Wildman–Crippen LogP) is 3.99. The fourth-order valence-corrected chi connectivity index (χ4v) is 3.40. The molecule has 15 heavy (non-hydrogen) atoms. The van der Waals surface area contributed by atoms with Gasteiger partial charge in [-0.2, -0.15) is 0 Å². The molecular weight excluding hydrogens is 208 g/mol. The molecule has 2 rings (SSSR count). The van der Waals surface area contributed by atoms with Crippen LogP contribution in [0.3, 0.4) is 0 Å². The molecule has 2 aliphatic rings. The zero-order valence-corrected chi connectivity index (χ0v) is 10.3. The van der Waals surface area contributed by atoms with E-state index < -0.39 is 0 Å². The van der Waals surface area contributed by atoms with Crippen molar-refractivity contribution < 1.29 is 4.74 Å². The summed E-state index contributed by atoms with van der Waals surface area (Å²) in [6.07, 6.45) is 10.6. The van der Waals surface area contributed by atoms with E-state index in [0.29, 0.717) is 5.38 Å². The van der Waals surface area contributed by atoms with Crippen molar-refractivity contribution in [2.45, 2.75) is 56.7 Å².